The van der Waals surface area contributed by atoms with Gasteiger partial charge in [0.15, 0.2) is 0 Å². The molecule has 0 unspecified atom stereocenters. The Morgan fingerprint density at radius 2 is 1.70 bits per heavy atom. The molecule has 7 heteroatoms. The van der Waals surface area contributed by atoms with Crippen molar-refractivity contribution in [1.82, 2.24) is 13.1 Å². The molecular weight excluding hydrogens is 294 g/mol. The molecule has 0 saturated carbocycles. The number of rotatable bonds is 6. The van der Waals surface area contributed by atoms with Gasteiger partial charge in [-0.2, -0.15) is 13.1 Å². The van der Waals surface area contributed by atoms with Crippen LogP contribution in [0.15, 0.2) is 17.0 Å². The van der Waals surface area contributed by atoms with Crippen LogP contribution in [0.4, 0.5) is 0 Å². The summed E-state index contributed by atoms with van der Waals surface area (Å²) in [6, 6.07) is 3.44. The fraction of sp³-hybridized carbons (Fsp3) is 0.538. The van der Waals surface area contributed by atoms with Crippen LogP contribution in [-0.4, -0.2) is 34.6 Å². The van der Waals surface area contributed by atoms with Crippen LogP contribution < -0.4 is 0 Å². The molecule has 0 radical (unpaired) electrons. The summed E-state index contributed by atoms with van der Waals surface area (Å²) in [6.07, 6.45) is 1.59. The number of hydrogen-bond acceptors (Lipinski definition) is 5. The van der Waals surface area contributed by atoms with E-state index in [1.807, 2.05) is 20.8 Å². The smallest absolute Gasteiger partial charge is 0.207 e. The molecule has 0 bridgehead atoms. The second-order valence-corrected chi connectivity index (χ2v) is 7.18. The van der Waals surface area contributed by atoms with Gasteiger partial charge in [0.2, 0.25) is 10.0 Å². The Hall–Kier alpha value is -1.05. The summed E-state index contributed by atoms with van der Waals surface area (Å²) < 4.78 is 35.5. The minimum Gasteiger partial charge on any atom is -0.207 e. The second kappa shape index (κ2) is 6.15. The molecule has 0 atom stereocenters. The van der Waals surface area contributed by atoms with Crippen LogP contribution in [0.3, 0.4) is 0 Å². The van der Waals surface area contributed by atoms with Gasteiger partial charge in [-0.3, -0.25) is 0 Å². The van der Waals surface area contributed by atoms with Gasteiger partial charge in [0.05, 0.1) is 11.7 Å². The molecule has 2 aromatic rings. The number of hydrogen-bond donors (Lipinski definition) is 0. The maximum Gasteiger partial charge on any atom is 0.245 e. The third-order valence-corrected chi connectivity index (χ3v) is 5.60. The second-order valence-electron chi connectivity index (χ2n) is 4.75. The SMILES string of the molecule is CCCN(CCC)S(=O)(=O)c1ccc(C)c2nsnc12. The quantitative estimate of drug-likeness (QED) is 0.822. The van der Waals surface area contributed by atoms with E-state index in [4.69, 9.17) is 0 Å². The lowest BCUT2D eigenvalue weighted by atomic mass is 10.2. The summed E-state index contributed by atoms with van der Waals surface area (Å²) in [5, 5.41) is 0. The molecule has 110 valence electrons. The molecule has 1 heterocycles. The van der Waals surface area contributed by atoms with E-state index in [1.165, 1.54) is 4.31 Å². The van der Waals surface area contributed by atoms with E-state index in [9.17, 15) is 8.42 Å². The van der Waals surface area contributed by atoms with Crippen molar-refractivity contribution in [1.29, 1.82) is 0 Å². The van der Waals surface area contributed by atoms with E-state index in [-0.39, 0.29) is 4.90 Å². The minimum atomic E-state index is -3.50. The predicted octanol–water partition coefficient (Wildman–Crippen LogP) is 2.81. The van der Waals surface area contributed by atoms with Gasteiger partial charge < -0.3 is 0 Å². The van der Waals surface area contributed by atoms with Gasteiger partial charge in [0.25, 0.3) is 0 Å². The van der Waals surface area contributed by atoms with Gasteiger partial charge in [-0.15, -0.1) is 0 Å². The Labute approximate surface area is 124 Å². The van der Waals surface area contributed by atoms with Crippen molar-refractivity contribution in [3.63, 3.8) is 0 Å². The Morgan fingerprint density at radius 1 is 1.10 bits per heavy atom. The van der Waals surface area contributed by atoms with Crippen LogP contribution in [0, 0.1) is 6.92 Å². The van der Waals surface area contributed by atoms with Crippen molar-refractivity contribution < 1.29 is 8.42 Å². The third-order valence-electron chi connectivity index (χ3n) is 3.14. The van der Waals surface area contributed by atoms with Crippen LogP contribution in [0.1, 0.15) is 32.3 Å². The van der Waals surface area contributed by atoms with Gasteiger partial charge in [-0.1, -0.05) is 19.9 Å². The van der Waals surface area contributed by atoms with Crippen LogP contribution >= 0.6 is 11.7 Å². The van der Waals surface area contributed by atoms with E-state index in [2.05, 4.69) is 8.75 Å². The molecule has 2 rings (SSSR count). The van der Waals surface area contributed by atoms with Crippen molar-refractivity contribution in [2.45, 2.75) is 38.5 Å². The first-order valence-electron chi connectivity index (χ1n) is 6.74. The van der Waals surface area contributed by atoms with E-state index in [0.717, 1.165) is 30.1 Å². The average Bonchev–Trinajstić information content (AvgIpc) is 2.88. The first-order chi connectivity index (χ1) is 9.52. The van der Waals surface area contributed by atoms with Crippen molar-refractivity contribution in [3.05, 3.63) is 17.7 Å². The van der Waals surface area contributed by atoms with Gasteiger partial charge in [0, 0.05) is 13.1 Å². The zero-order valence-corrected chi connectivity index (χ0v) is 13.6. The molecule has 0 fully saturated rings. The van der Waals surface area contributed by atoms with Crippen LogP contribution in [0.5, 0.6) is 0 Å². The fourth-order valence-corrected chi connectivity index (χ4v) is 4.59. The monoisotopic (exact) mass is 313 g/mol. The molecule has 5 nitrogen and oxygen atoms in total. The normalized spacial score (nSPS) is 12.4. The molecular formula is C13H19N3O2S2. The Bertz CT molecular complexity index is 689. The Balaban J connectivity index is 2.56. The van der Waals surface area contributed by atoms with Crippen molar-refractivity contribution in [2.75, 3.05) is 13.1 Å². The Morgan fingerprint density at radius 3 is 2.30 bits per heavy atom. The number of benzene rings is 1. The molecule has 20 heavy (non-hydrogen) atoms. The highest BCUT2D eigenvalue weighted by molar-refractivity contribution is 7.89. The maximum absolute atomic E-state index is 12.8. The number of aryl methyl sites for hydroxylation is 1. The molecule has 0 saturated heterocycles. The molecule has 0 aliphatic heterocycles. The zero-order chi connectivity index (χ0) is 14.8. The van der Waals surface area contributed by atoms with Crippen LogP contribution in [0.25, 0.3) is 11.0 Å². The standard InChI is InChI=1S/C13H19N3O2S2/c1-4-8-16(9-5-2)20(17,18)11-7-6-10(3)12-13(11)15-19-14-12/h6-7H,4-5,8-9H2,1-3H3. The lowest BCUT2D eigenvalue weighted by molar-refractivity contribution is 0.410. The summed E-state index contributed by atoms with van der Waals surface area (Å²) >= 11 is 1.05. The minimum absolute atomic E-state index is 0.272. The van der Waals surface area contributed by atoms with E-state index in [0.29, 0.717) is 24.1 Å². The average molecular weight is 313 g/mol. The molecule has 0 aliphatic rings. The first-order valence-corrected chi connectivity index (χ1v) is 8.91. The number of aromatic nitrogens is 2. The van der Waals surface area contributed by atoms with Gasteiger partial charge >= 0.3 is 0 Å². The topological polar surface area (TPSA) is 63.2 Å². The molecule has 1 aromatic carbocycles. The van der Waals surface area contributed by atoms with Gasteiger partial charge in [0.1, 0.15) is 15.9 Å². The molecule has 1 aromatic heterocycles. The van der Waals surface area contributed by atoms with E-state index in [1.54, 1.807) is 12.1 Å². The Kier molecular flexibility index (Phi) is 4.72. The fourth-order valence-electron chi connectivity index (χ4n) is 2.17. The summed E-state index contributed by atoms with van der Waals surface area (Å²) in [4.78, 5) is 0.272. The maximum atomic E-state index is 12.8. The summed E-state index contributed by atoms with van der Waals surface area (Å²) in [5.41, 5.74) is 2.13. The zero-order valence-electron chi connectivity index (χ0n) is 12.0. The summed E-state index contributed by atoms with van der Waals surface area (Å²) in [7, 11) is -3.50. The summed E-state index contributed by atoms with van der Waals surface area (Å²) in [6.45, 7) is 6.93. The van der Waals surface area contributed by atoms with E-state index >= 15 is 0 Å². The first kappa shape index (κ1) is 15.3. The number of sulfonamides is 1. The lowest BCUT2D eigenvalue weighted by Gasteiger charge is -2.21. The molecule has 0 spiro atoms. The number of nitrogens with zero attached hydrogens (tertiary/aromatic N) is 3. The number of fused-ring (bicyclic) bond motifs is 1. The highest BCUT2D eigenvalue weighted by atomic mass is 32.2. The van der Waals surface area contributed by atoms with Crippen molar-refractivity contribution in [3.8, 4) is 0 Å². The summed E-state index contributed by atoms with van der Waals surface area (Å²) in [5.74, 6) is 0. The molecule has 0 amide bonds. The molecule has 0 N–H and O–H groups in total. The molecule has 0 aliphatic carbocycles. The predicted molar refractivity (Wildman–Crippen MR) is 81.5 cm³/mol. The van der Waals surface area contributed by atoms with Gasteiger partial charge in [-0.05, 0) is 31.4 Å². The van der Waals surface area contributed by atoms with E-state index < -0.39 is 10.0 Å². The highest BCUT2D eigenvalue weighted by Crippen LogP contribution is 2.26. The lowest BCUT2D eigenvalue weighted by Crippen LogP contribution is -2.32. The van der Waals surface area contributed by atoms with Crippen LogP contribution in [0.2, 0.25) is 0 Å². The van der Waals surface area contributed by atoms with Crippen molar-refractivity contribution in [2.24, 2.45) is 0 Å². The van der Waals surface area contributed by atoms with Crippen molar-refractivity contribution >= 4 is 32.8 Å². The third kappa shape index (κ3) is 2.70. The van der Waals surface area contributed by atoms with Gasteiger partial charge in [-0.25, -0.2) is 8.42 Å². The largest absolute Gasteiger partial charge is 0.245 e. The van der Waals surface area contributed by atoms with Crippen LogP contribution in [-0.2, 0) is 10.0 Å². The highest BCUT2D eigenvalue weighted by Gasteiger charge is 2.26.